The van der Waals surface area contributed by atoms with Crippen LogP contribution >= 0.6 is 11.6 Å². The topological polar surface area (TPSA) is 109 Å². The minimum atomic E-state index is -0.544. The van der Waals surface area contributed by atoms with Crippen molar-refractivity contribution in [3.05, 3.63) is 51.3 Å². The van der Waals surface area contributed by atoms with Crippen LogP contribution in [0.25, 0.3) is 0 Å². The van der Waals surface area contributed by atoms with Crippen molar-refractivity contribution in [1.82, 2.24) is 15.1 Å². The van der Waals surface area contributed by atoms with Gasteiger partial charge in [0.25, 0.3) is 11.6 Å². The molecule has 0 saturated heterocycles. The molecule has 0 atom stereocenters. The van der Waals surface area contributed by atoms with E-state index in [0.29, 0.717) is 13.2 Å². The maximum absolute atomic E-state index is 11.8. The first-order valence-corrected chi connectivity index (χ1v) is 7.26. The molecular weight excluding hydrogens is 340 g/mol. The molecule has 0 aliphatic rings. The molecule has 1 heterocycles. The number of ether oxygens (including phenoxy) is 2. The summed E-state index contributed by atoms with van der Waals surface area (Å²) < 4.78 is 11.7. The van der Waals surface area contributed by atoms with E-state index in [9.17, 15) is 14.9 Å². The molecule has 2 rings (SSSR count). The van der Waals surface area contributed by atoms with E-state index in [4.69, 9.17) is 21.1 Å². The highest BCUT2D eigenvalue weighted by Gasteiger charge is 2.12. The fourth-order valence-corrected chi connectivity index (χ4v) is 2.00. The number of methoxy groups -OCH3 is 1. The first-order chi connectivity index (χ1) is 11.5. The van der Waals surface area contributed by atoms with Crippen molar-refractivity contribution >= 4 is 23.2 Å². The van der Waals surface area contributed by atoms with Gasteiger partial charge in [0, 0.05) is 32.0 Å². The van der Waals surface area contributed by atoms with Crippen LogP contribution in [0.3, 0.4) is 0 Å². The van der Waals surface area contributed by atoms with E-state index in [-0.39, 0.29) is 34.8 Å². The molecule has 1 amide bonds. The monoisotopic (exact) mass is 354 g/mol. The summed E-state index contributed by atoms with van der Waals surface area (Å²) in [6.07, 6.45) is 1.57. The number of carbonyl (C=O) groups excluding carboxylic acids is 1. The smallest absolute Gasteiger partial charge is 0.271 e. The summed E-state index contributed by atoms with van der Waals surface area (Å²) in [4.78, 5) is 21.9. The molecule has 0 unspecified atom stereocenters. The molecule has 0 saturated carbocycles. The third-order valence-electron chi connectivity index (χ3n) is 2.94. The van der Waals surface area contributed by atoms with Crippen molar-refractivity contribution < 1.29 is 19.2 Å². The zero-order valence-corrected chi connectivity index (χ0v) is 13.5. The number of nitro benzene ring substituents is 1. The molecule has 9 nitrogen and oxygen atoms in total. The molecule has 0 aliphatic heterocycles. The lowest BCUT2D eigenvalue weighted by Gasteiger charge is -2.07. The minimum absolute atomic E-state index is 0.00286. The van der Waals surface area contributed by atoms with Gasteiger partial charge in [0.2, 0.25) is 0 Å². The van der Waals surface area contributed by atoms with Crippen LogP contribution in [0.4, 0.5) is 5.69 Å². The second kappa shape index (κ2) is 8.27. The number of carbonyl (C=O) groups is 1. The van der Waals surface area contributed by atoms with Crippen LogP contribution < -0.4 is 10.1 Å². The van der Waals surface area contributed by atoms with Crippen molar-refractivity contribution in [2.24, 2.45) is 0 Å². The molecule has 128 valence electrons. The van der Waals surface area contributed by atoms with E-state index >= 15 is 0 Å². The number of nitrogens with zero attached hydrogens (tertiary/aromatic N) is 3. The van der Waals surface area contributed by atoms with Crippen molar-refractivity contribution in [1.29, 1.82) is 0 Å². The van der Waals surface area contributed by atoms with Gasteiger partial charge in [-0.3, -0.25) is 14.9 Å². The number of non-ortho nitro benzene ring substituents is 1. The van der Waals surface area contributed by atoms with Crippen LogP contribution in [-0.4, -0.2) is 40.9 Å². The summed E-state index contributed by atoms with van der Waals surface area (Å²) in [7, 11) is 1.54. The molecule has 10 heteroatoms. The number of nitrogens with one attached hydrogen (secondary N) is 1. The van der Waals surface area contributed by atoms with Gasteiger partial charge in [0.15, 0.2) is 6.73 Å². The summed E-state index contributed by atoms with van der Waals surface area (Å²) in [6, 6.07) is 5.44. The van der Waals surface area contributed by atoms with Crippen LogP contribution in [0.15, 0.2) is 30.5 Å². The second-order valence-electron chi connectivity index (χ2n) is 4.63. The predicted octanol–water partition coefficient (Wildman–Crippen LogP) is 1.86. The Bertz CT molecular complexity index is 734. The number of rotatable bonds is 8. The van der Waals surface area contributed by atoms with Gasteiger partial charge >= 0.3 is 0 Å². The van der Waals surface area contributed by atoms with Crippen molar-refractivity contribution in [3.8, 4) is 5.75 Å². The molecule has 1 N–H and O–H groups in total. The Morgan fingerprint density at radius 3 is 2.92 bits per heavy atom. The maximum Gasteiger partial charge on any atom is 0.271 e. The lowest BCUT2D eigenvalue weighted by atomic mass is 10.3. The van der Waals surface area contributed by atoms with Crippen LogP contribution in [0.5, 0.6) is 5.75 Å². The molecule has 1 aromatic carbocycles. The van der Waals surface area contributed by atoms with Gasteiger partial charge in [-0.15, -0.1) is 0 Å². The standard InChI is InChI=1S/C14H15ClN4O5/c1-23-7-5-16-14(20)12-4-6-18(17-12)9-24-13-3-2-10(19(21)22)8-11(13)15/h2-4,6,8H,5,7,9H2,1H3,(H,16,20). The molecule has 1 aromatic heterocycles. The predicted molar refractivity (Wildman–Crippen MR) is 85.2 cm³/mol. The number of benzene rings is 1. The van der Waals surface area contributed by atoms with Crippen molar-refractivity contribution in [2.75, 3.05) is 20.3 Å². The zero-order valence-electron chi connectivity index (χ0n) is 12.8. The highest BCUT2D eigenvalue weighted by Crippen LogP contribution is 2.28. The number of hydrogen-bond donors (Lipinski definition) is 1. The number of nitro groups is 1. The molecule has 0 spiro atoms. The highest BCUT2D eigenvalue weighted by molar-refractivity contribution is 6.32. The maximum atomic E-state index is 11.8. The Labute approximate surface area is 142 Å². The van der Waals surface area contributed by atoms with E-state index in [0.717, 1.165) is 0 Å². The molecule has 24 heavy (non-hydrogen) atoms. The van der Waals surface area contributed by atoms with E-state index in [2.05, 4.69) is 10.4 Å². The van der Waals surface area contributed by atoms with E-state index < -0.39 is 4.92 Å². The SMILES string of the molecule is COCCNC(=O)c1ccn(COc2ccc([N+](=O)[O-])cc2Cl)n1. The Balaban J connectivity index is 1.93. The van der Waals surface area contributed by atoms with Gasteiger partial charge in [-0.05, 0) is 12.1 Å². The summed E-state index contributed by atoms with van der Waals surface area (Å²) in [5, 5.41) is 17.5. The van der Waals surface area contributed by atoms with E-state index in [1.807, 2.05) is 0 Å². The third kappa shape index (κ3) is 4.67. The molecule has 0 aliphatic carbocycles. The third-order valence-corrected chi connectivity index (χ3v) is 3.24. The minimum Gasteiger partial charge on any atom is -0.470 e. The molecule has 2 aromatic rings. The lowest BCUT2D eigenvalue weighted by Crippen LogP contribution is -2.27. The van der Waals surface area contributed by atoms with Crippen molar-refractivity contribution in [3.63, 3.8) is 0 Å². The summed E-state index contributed by atoms with van der Waals surface area (Å²) in [5.74, 6) is -0.0389. The Kier molecular flexibility index (Phi) is 6.10. The van der Waals surface area contributed by atoms with Gasteiger partial charge < -0.3 is 14.8 Å². The normalized spacial score (nSPS) is 10.4. The quantitative estimate of drug-likeness (QED) is 0.440. The van der Waals surface area contributed by atoms with Gasteiger partial charge in [-0.1, -0.05) is 11.6 Å². The summed E-state index contributed by atoms with van der Waals surface area (Å²) >= 11 is 5.93. The summed E-state index contributed by atoms with van der Waals surface area (Å²) in [5.41, 5.74) is 0.117. The number of amides is 1. The molecular formula is C14H15ClN4O5. The molecule has 0 fully saturated rings. The van der Waals surface area contributed by atoms with Gasteiger partial charge in [0.1, 0.15) is 11.4 Å². The number of aromatic nitrogens is 2. The molecule has 0 radical (unpaired) electrons. The van der Waals surface area contributed by atoms with E-state index in [1.54, 1.807) is 19.4 Å². The lowest BCUT2D eigenvalue weighted by molar-refractivity contribution is -0.384. The van der Waals surface area contributed by atoms with Crippen LogP contribution in [0.1, 0.15) is 10.5 Å². The summed E-state index contributed by atoms with van der Waals surface area (Å²) in [6.45, 7) is 0.800. The number of hydrogen-bond acceptors (Lipinski definition) is 6. The fourth-order valence-electron chi connectivity index (χ4n) is 1.77. The Morgan fingerprint density at radius 2 is 2.25 bits per heavy atom. The Morgan fingerprint density at radius 1 is 1.46 bits per heavy atom. The Hall–Kier alpha value is -2.65. The fraction of sp³-hybridized carbons (Fsp3) is 0.286. The molecule has 0 bridgehead atoms. The van der Waals surface area contributed by atoms with Crippen molar-refractivity contribution in [2.45, 2.75) is 6.73 Å². The van der Waals surface area contributed by atoms with Gasteiger partial charge in [-0.25, -0.2) is 4.68 Å². The average Bonchev–Trinajstić information content (AvgIpc) is 3.02. The number of halogens is 1. The van der Waals surface area contributed by atoms with Crippen LogP contribution in [-0.2, 0) is 11.5 Å². The van der Waals surface area contributed by atoms with Gasteiger partial charge in [0.05, 0.1) is 16.6 Å². The first kappa shape index (κ1) is 17.7. The van der Waals surface area contributed by atoms with Crippen LogP contribution in [0, 0.1) is 10.1 Å². The highest BCUT2D eigenvalue weighted by atomic mass is 35.5. The zero-order chi connectivity index (χ0) is 17.5. The van der Waals surface area contributed by atoms with Crippen LogP contribution in [0.2, 0.25) is 5.02 Å². The second-order valence-corrected chi connectivity index (χ2v) is 5.04. The van der Waals surface area contributed by atoms with E-state index in [1.165, 1.54) is 22.9 Å². The largest absolute Gasteiger partial charge is 0.470 e. The average molecular weight is 355 g/mol. The first-order valence-electron chi connectivity index (χ1n) is 6.88. The van der Waals surface area contributed by atoms with Gasteiger partial charge in [-0.2, -0.15) is 5.10 Å².